The normalized spacial score (nSPS) is 17.1. The molecule has 0 spiro atoms. The molecule has 21 heavy (non-hydrogen) atoms. The number of nitrogens with one attached hydrogen (secondary N) is 1. The van der Waals surface area contributed by atoms with Gasteiger partial charge in [-0.25, -0.2) is 0 Å². The summed E-state index contributed by atoms with van der Waals surface area (Å²) < 4.78 is 5.32. The van der Waals surface area contributed by atoms with Crippen LogP contribution in [0.2, 0.25) is 0 Å². The van der Waals surface area contributed by atoms with Gasteiger partial charge in [0.2, 0.25) is 0 Å². The van der Waals surface area contributed by atoms with Gasteiger partial charge >= 0.3 is 0 Å². The second-order valence-electron chi connectivity index (χ2n) is 5.26. The number of rotatable bonds is 4. The highest BCUT2D eigenvalue weighted by atomic mass is 16.5. The summed E-state index contributed by atoms with van der Waals surface area (Å²) in [7, 11) is 0. The summed E-state index contributed by atoms with van der Waals surface area (Å²) in [4.78, 5) is 12.1. The van der Waals surface area contributed by atoms with Crippen LogP contribution in [0.4, 0.5) is 0 Å². The van der Waals surface area contributed by atoms with Gasteiger partial charge in [0.15, 0.2) is 0 Å². The van der Waals surface area contributed by atoms with Crippen LogP contribution in [0.5, 0.6) is 0 Å². The van der Waals surface area contributed by atoms with E-state index < -0.39 is 0 Å². The first kappa shape index (κ1) is 15.6. The van der Waals surface area contributed by atoms with E-state index in [1.165, 1.54) is 0 Å². The molecule has 1 heterocycles. The third-order valence-electron chi connectivity index (χ3n) is 3.66. The number of benzene rings is 1. The Hall–Kier alpha value is -1.83. The number of aryl methyl sites for hydroxylation is 1. The molecular weight excluding hydrogens is 266 g/mol. The van der Waals surface area contributed by atoms with Gasteiger partial charge in [-0.15, -0.1) is 0 Å². The maximum Gasteiger partial charge on any atom is 0.251 e. The zero-order valence-electron chi connectivity index (χ0n) is 12.3. The fourth-order valence-electron chi connectivity index (χ4n) is 2.34. The van der Waals surface area contributed by atoms with Crippen LogP contribution in [0.1, 0.15) is 34.3 Å². The standard InChI is InChI=1S/C17H21NO3/c1-13-4-5-16(11-15(13)3-2-9-19)17(20)18-8-6-14-7-10-21-12-14/h4-5,11,14,19H,6-10,12H2,1H3,(H,18,20). The van der Waals surface area contributed by atoms with Crippen LogP contribution in [-0.2, 0) is 4.74 Å². The Morgan fingerprint density at radius 2 is 2.38 bits per heavy atom. The van der Waals surface area contributed by atoms with Crippen molar-refractivity contribution in [3.63, 3.8) is 0 Å². The number of hydrogen-bond acceptors (Lipinski definition) is 3. The van der Waals surface area contributed by atoms with E-state index in [1.807, 2.05) is 13.0 Å². The molecule has 1 aliphatic rings. The highest BCUT2D eigenvalue weighted by molar-refractivity contribution is 5.94. The highest BCUT2D eigenvalue weighted by Crippen LogP contribution is 2.15. The smallest absolute Gasteiger partial charge is 0.251 e. The van der Waals surface area contributed by atoms with Crippen molar-refractivity contribution in [3.8, 4) is 11.8 Å². The number of amides is 1. The minimum Gasteiger partial charge on any atom is -0.384 e. The van der Waals surface area contributed by atoms with Gasteiger partial charge in [-0.3, -0.25) is 4.79 Å². The summed E-state index contributed by atoms with van der Waals surface area (Å²) in [6.45, 7) is 4.06. The number of hydrogen-bond donors (Lipinski definition) is 2. The number of aliphatic hydroxyl groups is 1. The molecule has 0 aliphatic carbocycles. The fraction of sp³-hybridized carbons (Fsp3) is 0.471. The van der Waals surface area contributed by atoms with Crippen LogP contribution in [-0.4, -0.2) is 37.4 Å². The van der Waals surface area contributed by atoms with Gasteiger partial charge in [-0.05, 0) is 43.4 Å². The SMILES string of the molecule is Cc1ccc(C(=O)NCCC2CCOC2)cc1C#CCO. The Bertz CT molecular complexity index is 551. The predicted molar refractivity (Wildman–Crippen MR) is 81.0 cm³/mol. The van der Waals surface area contributed by atoms with Gasteiger partial charge in [0.1, 0.15) is 6.61 Å². The van der Waals surface area contributed by atoms with Gasteiger partial charge in [0.25, 0.3) is 5.91 Å². The summed E-state index contributed by atoms with van der Waals surface area (Å²) in [6, 6.07) is 5.45. The largest absolute Gasteiger partial charge is 0.384 e. The lowest BCUT2D eigenvalue weighted by molar-refractivity contribution is 0.0950. The van der Waals surface area contributed by atoms with E-state index in [0.29, 0.717) is 18.0 Å². The average molecular weight is 287 g/mol. The molecule has 0 saturated carbocycles. The number of carbonyl (C=O) groups is 1. The Balaban J connectivity index is 1.92. The molecule has 1 aromatic rings. The van der Waals surface area contributed by atoms with Crippen LogP contribution < -0.4 is 5.32 Å². The molecular formula is C17H21NO3. The van der Waals surface area contributed by atoms with Crippen LogP contribution in [0.3, 0.4) is 0 Å². The van der Waals surface area contributed by atoms with Crippen LogP contribution in [0, 0.1) is 24.7 Å². The van der Waals surface area contributed by atoms with Crippen molar-refractivity contribution in [1.29, 1.82) is 0 Å². The van der Waals surface area contributed by atoms with Crippen molar-refractivity contribution in [2.45, 2.75) is 19.8 Å². The Morgan fingerprint density at radius 1 is 1.52 bits per heavy atom. The van der Waals surface area contributed by atoms with Crippen LogP contribution in [0.25, 0.3) is 0 Å². The van der Waals surface area contributed by atoms with E-state index in [2.05, 4.69) is 17.2 Å². The van der Waals surface area contributed by atoms with E-state index in [9.17, 15) is 4.79 Å². The lowest BCUT2D eigenvalue weighted by Gasteiger charge is -2.09. The van der Waals surface area contributed by atoms with Crippen molar-refractivity contribution in [3.05, 3.63) is 34.9 Å². The van der Waals surface area contributed by atoms with E-state index in [0.717, 1.165) is 37.2 Å². The van der Waals surface area contributed by atoms with Crippen LogP contribution in [0.15, 0.2) is 18.2 Å². The molecule has 1 unspecified atom stereocenters. The number of ether oxygens (including phenoxy) is 1. The molecule has 1 aromatic carbocycles. The summed E-state index contributed by atoms with van der Waals surface area (Å²) in [5, 5.41) is 11.7. The Labute approximate surface area is 125 Å². The molecule has 2 N–H and O–H groups in total. The topological polar surface area (TPSA) is 58.6 Å². The molecule has 1 fully saturated rings. The molecule has 1 amide bonds. The number of aliphatic hydroxyl groups excluding tert-OH is 1. The highest BCUT2D eigenvalue weighted by Gasteiger charge is 2.15. The minimum absolute atomic E-state index is 0.0824. The van der Waals surface area contributed by atoms with Crippen molar-refractivity contribution < 1.29 is 14.6 Å². The minimum atomic E-state index is -0.181. The molecule has 0 bridgehead atoms. The molecule has 4 heteroatoms. The summed E-state index contributed by atoms with van der Waals surface area (Å²) in [5.74, 6) is 5.96. The maximum absolute atomic E-state index is 12.1. The van der Waals surface area contributed by atoms with E-state index in [1.54, 1.807) is 12.1 Å². The fourth-order valence-corrected chi connectivity index (χ4v) is 2.34. The van der Waals surface area contributed by atoms with Gasteiger partial charge in [0, 0.05) is 30.9 Å². The molecule has 0 radical (unpaired) electrons. The molecule has 2 rings (SSSR count). The van der Waals surface area contributed by atoms with E-state index >= 15 is 0 Å². The molecule has 1 atom stereocenters. The van der Waals surface area contributed by atoms with Gasteiger partial charge in [0.05, 0.1) is 0 Å². The molecule has 112 valence electrons. The van der Waals surface area contributed by atoms with Gasteiger partial charge < -0.3 is 15.2 Å². The third-order valence-corrected chi connectivity index (χ3v) is 3.66. The zero-order valence-corrected chi connectivity index (χ0v) is 12.3. The first-order chi connectivity index (χ1) is 10.2. The quantitative estimate of drug-likeness (QED) is 0.825. The van der Waals surface area contributed by atoms with Gasteiger partial charge in [-0.1, -0.05) is 17.9 Å². The van der Waals surface area contributed by atoms with Gasteiger partial charge in [-0.2, -0.15) is 0 Å². The summed E-state index contributed by atoms with van der Waals surface area (Å²) in [5.41, 5.74) is 2.38. The lowest BCUT2D eigenvalue weighted by atomic mass is 10.0. The Morgan fingerprint density at radius 3 is 3.10 bits per heavy atom. The predicted octanol–water partition coefficient (Wildman–Crippen LogP) is 1.50. The third kappa shape index (κ3) is 4.59. The Kier molecular flexibility index (Phi) is 5.79. The zero-order chi connectivity index (χ0) is 15.1. The van der Waals surface area contributed by atoms with Crippen molar-refractivity contribution in [1.82, 2.24) is 5.32 Å². The van der Waals surface area contributed by atoms with Crippen molar-refractivity contribution in [2.75, 3.05) is 26.4 Å². The lowest BCUT2D eigenvalue weighted by Crippen LogP contribution is -2.26. The maximum atomic E-state index is 12.1. The average Bonchev–Trinajstić information content (AvgIpc) is 2.99. The van der Waals surface area contributed by atoms with E-state index in [4.69, 9.17) is 9.84 Å². The molecule has 1 saturated heterocycles. The second-order valence-corrected chi connectivity index (χ2v) is 5.26. The van der Waals surface area contributed by atoms with E-state index in [-0.39, 0.29) is 12.5 Å². The second kappa shape index (κ2) is 7.82. The van der Waals surface area contributed by atoms with Crippen molar-refractivity contribution >= 4 is 5.91 Å². The molecule has 4 nitrogen and oxygen atoms in total. The molecule has 0 aromatic heterocycles. The number of carbonyl (C=O) groups excluding carboxylic acids is 1. The van der Waals surface area contributed by atoms with Crippen molar-refractivity contribution in [2.24, 2.45) is 5.92 Å². The molecule has 1 aliphatic heterocycles. The first-order valence-electron chi connectivity index (χ1n) is 7.27. The summed E-state index contributed by atoms with van der Waals surface area (Å²) in [6.07, 6.45) is 2.04. The van der Waals surface area contributed by atoms with Crippen LogP contribution >= 0.6 is 0 Å². The monoisotopic (exact) mass is 287 g/mol. The summed E-state index contributed by atoms with van der Waals surface area (Å²) >= 11 is 0. The first-order valence-corrected chi connectivity index (χ1v) is 7.27.